The molecule has 5 nitrogen and oxygen atoms in total. The maximum absolute atomic E-state index is 12.7. The van der Waals surface area contributed by atoms with E-state index in [2.05, 4.69) is 5.16 Å². The molecule has 8 heteroatoms. The van der Waals surface area contributed by atoms with Gasteiger partial charge in [-0.05, 0) is 45.2 Å². The lowest BCUT2D eigenvalue weighted by Gasteiger charge is -2.32. The summed E-state index contributed by atoms with van der Waals surface area (Å²) in [4.78, 5) is 27.0. The van der Waals surface area contributed by atoms with Crippen molar-refractivity contribution in [1.82, 2.24) is 10.1 Å². The van der Waals surface area contributed by atoms with Gasteiger partial charge in [0, 0.05) is 36.6 Å². The number of benzene rings is 1. The van der Waals surface area contributed by atoms with Gasteiger partial charge in [-0.15, -0.1) is 0 Å². The number of Topliss-reactive ketones (excluding diaryl/α,β-unsaturated/α-hetero) is 1. The van der Waals surface area contributed by atoms with Gasteiger partial charge in [0.25, 0.3) is 0 Å². The lowest BCUT2D eigenvalue weighted by Crippen LogP contribution is -2.42. The molecule has 0 radical (unpaired) electrons. The van der Waals surface area contributed by atoms with E-state index in [1.807, 2.05) is 6.92 Å². The molecule has 2 aromatic rings. The van der Waals surface area contributed by atoms with E-state index >= 15 is 0 Å². The van der Waals surface area contributed by atoms with Crippen LogP contribution in [0.1, 0.15) is 52.2 Å². The van der Waals surface area contributed by atoms with E-state index in [1.54, 1.807) is 11.8 Å². The van der Waals surface area contributed by atoms with Crippen LogP contribution in [0, 0.1) is 19.8 Å². The smallest absolute Gasteiger partial charge is 0.361 e. The first-order valence-electron chi connectivity index (χ1n) is 9.58. The number of hydrogen-bond acceptors (Lipinski definition) is 4. The van der Waals surface area contributed by atoms with Crippen molar-refractivity contribution in [2.24, 2.45) is 5.92 Å². The van der Waals surface area contributed by atoms with E-state index in [0.717, 1.165) is 23.4 Å². The molecule has 0 aliphatic carbocycles. The summed E-state index contributed by atoms with van der Waals surface area (Å²) < 4.78 is 43.2. The average Bonchev–Trinajstić information content (AvgIpc) is 3.02. The van der Waals surface area contributed by atoms with E-state index in [4.69, 9.17) is 4.52 Å². The van der Waals surface area contributed by atoms with Crippen molar-refractivity contribution in [3.8, 4) is 0 Å². The Morgan fingerprint density at radius 1 is 1.21 bits per heavy atom. The third-order valence-electron chi connectivity index (χ3n) is 5.41. The molecule has 3 rings (SSSR count). The third kappa shape index (κ3) is 4.86. The topological polar surface area (TPSA) is 63.4 Å². The highest BCUT2D eigenvalue weighted by Crippen LogP contribution is 2.30. The van der Waals surface area contributed by atoms with Crippen LogP contribution in [0.3, 0.4) is 0 Å². The number of likely N-dealkylation sites (tertiary alicyclic amines) is 1. The van der Waals surface area contributed by atoms with Crippen molar-refractivity contribution in [2.45, 2.75) is 45.7 Å². The van der Waals surface area contributed by atoms with Gasteiger partial charge in [0.2, 0.25) is 5.91 Å². The van der Waals surface area contributed by atoms with Crippen molar-refractivity contribution in [3.05, 3.63) is 52.4 Å². The largest absolute Gasteiger partial charge is 0.416 e. The highest BCUT2D eigenvalue weighted by atomic mass is 19.4. The molecule has 1 aromatic heterocycles. The van der Waals surface area contributed by atoms with Gasteiger partial charge < -0.3 is 9.42 Å². The average molecular weight is 408 g/mol. The van der Waals surface area contributed by atoms with Gasteiger partial charge in [0.05, 0.1) is 11.3 Å². The van der Waals surface area contributed by atoms with Crippen LogP contribution in [-0.2, 0) is 17.4 Å². The van der Waals surface area contributed by atoms with Crippen molar-refractivity contribution < 1.29 is 27.3 Å². The van der Waals surface area contributed by atoms with Crippen molar-refractivity contribution in [1.29, 1.82) is 0 Å². The summed E-state index contributed by atoms with van der Waals surface area (Å²) in [5.74, 6) is 0.0321. The summed E-state index contributed by atoms with van der Waals surface area (Å²) in [6, 6.07) is 4.26. The highest BCUT2D eigenvalue weighted by molar-refractivity contribution is 5.98. The van der Waals surface area contributed by atoms with Crippen LogP contribution < -0.4 is 0 Å². The fraction of sp³-hybridized carbons (Fsp3) is 0.476. The molecule has 0 bridgehead atoms. The molecule has 0 spiro atoms. The number of alkyl halides is 3. The van der Waals surface area contributed by atoms with Crippen LogP contribution >= 0.6 is 0 Å². The van der Waals surface area contributed by atoms with Gasteiger partial charge in [-0.1, -0.05) is 17.3 Å². The van der Waals surface area contributed by atoms with E-state index in [9.17, 15) is 22.8 Å². The Morgan fingerprint density at radius 2 is 1.90 bits per heavy atom. The minimum absolute atomic E-state index is 0.0464. The molecule has 1 aliphatic rings. The normalized spacial score (nSPS) is 17.4. The van der Waals surface area contributed by atoms with Crippen LogP contribution in [0.2, 0.25) is 0 Å². The lowest BCUT2D eigenvalue weighted by atomic mass is 9.89. The summed E-state index contributed by atoms with van der Waals surface area (Å²) in [5.41, 5.74) is 1.15. The molecule has 2 heterocycles. The summed E-state index contributed by atoms with van der Waals surface area (Å²) >= 11 is 0. The molecule has 1 saturated heterocycles. The number of ketones is 1. The second kappa shape index (κ2) is 8.39. The number of hydrogen-bond donors (Lipinski definition) is 0. The van der Waals surface area contributed by atoms with E-state index in [1.165, 1.54) is 12.1 Å². The zero-order valence-electron chi connectivity index (χ0n) is 16.4. The number of carbonyl (C=O) groups is 2. The predicted octanol–water partition coefficient (Wildman–Crippen LogP) is 4.36. The number of carbonyl (C=O) groups excluding carboxylic acids is 2. The Morgan fingerprint density at radius 3 is 2.48 bits per heavy atom. The molecule has 1 atom stereocenters. The number of aryl methyl sites for hydroxylation is 2. The maximum atomic E-state index is 12.7. The number of amides is 1. The SMILES string of the molecule is Cc1noc(C)c1CCC(=O)N1CCCC(C(=O)c2ccc(C(F)(F)F)cc2)C1. The van der Waals surface area contributed by atoms with Gasteiger partial charge in [-0.2, -0.15) is 13.2 Å². The van der Waals surface area contributed by atoms with Crippen LogP contribution in [0.15, 0.2) is 28.8 Å². The zero-order valence-corrected chi connectivity index (χ0v) is 16.4. The Kier molecular flexibility index (Phi) is 6.10. The molecular weight excluding hydrogens is 385 g/mol. The third-order valence-corrected chi connectivity index (χ3v) is 5.41. The summed E-state index contributed by atoms with van der Waals surface area (Å²) in [5, 5.41) is 3.88. The molecule has 1 aromatic carbocycles. The fourth-order valence-electron chi connectivity index (χ4n) is 3.73. The van der Waals surface area contributed by atoms with E-state index in [-0.39, 0.29) is 17.3 Å². The van der Waals surface area contributed by atoms with Crippen LogP contribution in [0.25, 0.3) is 0 Å². The molecule has 0 N–H and O–H groups in total. The Balaban J connectivity index is 1.61. The fourth-order valence-corrected chi connectivity index (χ4v) is 3.73. The highest BCUT2D eigenvalue weighted by Gasteiger charge is 2.32. The lowest BCUT2D eigenvalue weighted by molar-refractivity contribution is -0.137. The first-order chi connectivity index (χ1) is 13.7. The summed E-state index contributed by atoms with van der Waals surface area (Å²) in [6.45, 7) is 4.51. The standard InChI is InChI=1S/C21H23F3N2O3/c1-13-18(14(2)29-25-13)9-10-19(27)26-11-3-4-16(12-26)20(28)15-5-7-17(8-6-15)21(22,23)24/h5-8,16H,3-4,9-12H2,1-2H3. The maximum Gasteiger partial charge on any atom is 0.416 e. The molecule has 1 aliphatic heterocycles. The van der Waals surface area contributed by atoms with Crippen molar-refractivity contribution in [3.63, 3.8) is 0 Å². The first kappa shape index (κ1) is 21.1. The number of rotatable bonds is 5. The zero-order chi connectivity index (χ0) is 21.2. The van der Waals surface area contributed by atoms with E-state index in [0.29, 0.717) is 44.5 Å². The van der Waals surface area contributed by atoms with Crippen LogP contribution in [-0.4, -0.2) is 34.8 Å². The second-order valence-electron chi connectivity index (χ2n) is 7.42. The number of piperidine rings is 1. The predicted molar refractivity (Wildman–Crippen MR) is 99.4 cm³/mol. The number of halogens is 3. The molecule has 1 unspecified atom stereocenters. The molecule has 29 heavy (non-hydrogen) atoms. The molecule has 1 amide bonds. The number of nitrogens with zero attached hydrogens (tertiary/aromatic N) is 2. The summed E-state index contributed by atoms with van der Waals surface area (Å²) in [6.07, 6.45) is -2.31. The molecule has 156 valence electrons. The van der Waals surface area contributed by atoms with Crippen LogP contribution in [0.4, 0.5) is 13.2 Å². The Labute approximate surface area is 166 Å². The van der Waals surface area contributed by atoms with Gasteiger partial charge >= 0.3 is 6.18 Å². The minimum Gasteiger partial charge on any atom is -0.361 e. The molecule has 0 saturated carbocycles. The van der Waals surface area contributed by atoms with Gasteiger partial charge in [-0.3, -0.25) is 9.59 Å². The molecule has 1 fully saturated rings. The van der Waals surface area contributed by atoms with Crippen LogP contribution in [0.5, 0.6) is 0 Å². The monoisotopic (exact) mass is 408 g/mol. The Bertz CT molecular complexity index is 868. The Hall–Kier alpha value is -2.64. The van der Waals surface area contributed by atoms with Gasteiger partial charge in [0.1, 0.15) is 5.76 Å². The quantitative estimate of drug-likeness (QED) is 0.690. The van der Waals surface area contributed by atoms with Gasteiger partial charge in [-0.25, -0.2) is 0 Å². The second-order valence-corrected chi connectivity index (χ2v) is 7.42. The van der Waals surface area contributed by atoms with Crippen molar-refractivity contribution in [2.75, 3.05) is 13.1 Å². The van der Waals surface area contributed by atoms with Crippen molar-refractivity contribution >= 4 is 11.7 Å². The number of aromatic nitrogens is 1. The first-order valence-corrected chi connectivity index (χ1v) is 9.58. The van der Waals surface area contributed by atoms with E-state index < -0.39 is 17.7 Å². The summed E-state index contributed by atoms with van der Waals surface area (Å²) in [7, 11) is 0. The molecular formula is C21H23F3N2O3. The van der Waals surface area contributed by atoms with Gasteiger partial charge in [0.15, 0.2) is 5.78 Å². The minimum atomic E-state index is -4.43.